The van der Waals surface area contributed by atoms with Gasteiger partial charge in [0.15, 0.2) is 0 Å². The van der Waals surface area contributed by atoms with Gasteiger partial charge in [-0.1, -0.05) is 53.5 Å². The Morgan fingerprint density at radius 3 is 2.55 bits per heavy atom. The molecule has 2 atom stereocenters. The summed E-state index contributed by atoms with van der Waals surface area (Å²) in [6.07, 6.45) is -0.543. The zero-order valence-electron chi connectivity index (χ0n) is 12.4. The molecule has 0 radical (unpaired) electrons. The molecule has 0 aromatic heterocycles. The number of aliphatic hydroxyl groups excluding tert-OH is 1. The van der Waals surface area contributed by atoms with Crippen molar-refractivity contribution in [2.45, 2.75) is 12.6 Å². The van der Waals surface area contributed by atoms with Crippen molar-refractivity contribution >= 4 is 23.2 Å². The van der Waals surface area contributed by atoms with Crippen LogP contribution < -0.4 is 9.64 Å². The van der Waals surface area contributed by atoms with Crippen molar-refractivity contribution in [2.75, 3.05) is 20.2 Å². The summed E-state index contributed by atoms with van der Waals surface area (Å²) < 4.78 is 5.55. The van der Waals surface area contributed by atoms with Crippen LogP contribution in [-0.2, 0) is 6.54 Å². The summed E-state index contributed by atoms with van der Waals surface area (Å²) in [7, 11) is 2.00. The summed E-state index contributed by atoms with van der Waals surface area (Å²) >= 11 is 12.2. The van der Waals surface area contributed by atoms with Crippen LogP contribution in [0.5, 0.6) is 5.75 Å². The van der Waals surface area contributed by atoms with Gasteiger partial charge in [0, 0.05) is 5.56 Å². The summed E-state index contributed by atoms with van der Waals surface area (Å²) in [5, 5.41) is 11.2. The first-order chi connectivity index (χ1) is 10.6. The van der Waals surface area contributed by atoms with Gasteiger partial charge in [-0.15, -0.1) is 0 Å². The molecule has 22 heavy (non-hydrogen) atoms. The maximum atomic E-state index is 10.1. The fourth-order valence-electron chi connectivity index (χ4n) is 2.25. The van der Waals surface area contributed by atoms with Crippen molar-refractivity contribution in [3.05, 3.63) is 64.1 Å². The summed E-state index contributed by atoms with van der Waals surface area (Å²) in [5.74, 6) is 0.761. The molecular formula is C17H20Cl2NO2+. The molecule has 0 heterocycles. The van der Waals surface area contributed by atoms with Gasteiger partial charge < -0.3 is 14.7 Å². The minimum atomic E-state index is -0.543. The van der Waals surface area contributed by atoms with E-state index in [1.54, 1.807) is 6.07 Å². The van der Waals surface area contributed by atoms with Crippen molar-refractivity contribution in [3.63, 3.8) is 0 Å². The lowest BCUT2D eigenvalue weighted by Crippen LogP contribution is -3.09. The van der Waals surface area contributed by atoms with Crippen LogP contribution in [0.2, 0.25) is 10.0 Å². The highest BCUT2D eigenvalue weighted by atomic mass is 35.5. The molecule has 118 valence electrons. The van der Waals surface area contributed by atoms with Crippen molar-refractivity contribution in [2.24, 2.45) is 0 Å². The number of halogens is 2. The second-order valence-corrected chi connectivity index (χ2v) is 6.11. The van der Waals surface area contributed by atoms with Crippen LogP contribution in [0.4, 0.5) is 0 Å². The molecule has 0 saturated carbocycles. The van der Waals surface area contributed by atoms with Gasteiger partial charge in [-0.05, 0) is 18.2 Å². The van der Waals surface area contributed by atoms with Gasteiger partial charge in [0.2, 0.25) is 0 Å². The van der Waals surface area contributed by atoms with E-state index in [1.165, 1.54) is 0 Å². The van der Waals surface area contributed by atoms with E-state index >= 15 is 0 Å². The average Bonchev–Trinajstić information content (AvgIpc) is 2.51. The first kappa shape index (κ1) is 17.1. The number of rotatable bonds is 7. The molecule has 1 unspecified atom stereocenters. The summed E-state index contributed by atoms with van der Waals surface area (Å²) in [6.45, 7) is 1.53. The molecule has 0 aliphatic heterocycles. The van der Waals surface area contributed by atoms with E-state index < -0.39 is 6.10 Å². The molecule has 0 saturated heterocycles. The average molecular weight is 341 g/mol. The topological polar surface area (TPSA) is 33.9 Å². The van der Waals surface area contributed by atoms with Crippen LogP contribution in [0.3, 0.4) is 0 Å². The van der Waals surface area contributed by atoms with Crippen LogP contribution in [0, 0.1) is 0 Å². The van der Waals surface area contributed by atoms with Crippen LogP contribution in [0.1, 0.15) is 5.56 Å². The molecule has 0 aliphatic carbocycles. The monoisotopic (exact) mass is 340 g/mol. The highest BCUT2D eigenvalue weighted by molar-refractivity contribution is 6.42. The third-order valence-electron chi connectivity index (χ3n) is 3.29. The van der Waals surface area contributed by atoms with Gasteiger partial charge in [0.25, 0.3) is 0 Å². The second-order valence-electron chi connectivity index (χ2n) is 5.33. The summed E-state index contributed by atoms with van der Waals surface area (Å²) in [5.41, 5.74) is 0.975. The van der Waals surface area contributed by atoms with E-state index in [0.717, 1.165) is 16.2 Å². The Hall–Kier alpha value is -1.26. The molecule has 2 rings (SSSR count). The normalized spacial score (nSPS) is 13.6. The SMILES string of the molecule is C[NH+](Cc1cccc(Cl)c1Cl)C[C@H](O)COc1ccccc1. The zero-order valence-corrected chi connectivity index (χ0v) is 13.9. The first-order valence-corrected chi connectivity index (χ1v) is 7.92. The van der Waals surface area contributed by atoms with E-state index in [-0.39, 0.29) is 6.61 Å². The Labute approximate surface area is 141 Å². The number of likely N-dealkylation sites (N-methyl/N-ethyl adjacent to an activating group) is 1. The van der Waals surface area contributed by atoms with E-state index in [2.05, 4.69) is 0 Å². The van der Waals surface area contributed by atoms with E-state index in [9.17, 15) is 5.11 Å². The number of hydrogen-bond donors (Lipinski definition) is 2. The van der Waals surface area contributed by atoms with Gasteiger partial charge >= 0.3 is 0 Å². The molecular weight excluding hydrogens is 321 g/mol. The van der Waals surface area contributed by atoms with E-state index in [1.807, 2.05) is 49.5 Å². The summed E-state index contributed by atoms with van der Waals surface area (Å²) in [4.78, 5) is 1.13. The van der Waals surface area contributed by atoms with Gasteiger partial charge in [-0.2, -0.15) is 0 Å². The first-order valence-electron chi connectivity index (χ1n) is 7.16. The molecule has 2 aromatic carbocycles. The van der Waals surface area contributed by atoms with Crippen LogP contribution in [0.25, 0.3) is 0 Å². The number of aliphatic hydroxyl groups is 1. The fraction of sp³-hybridized carbons (Fsp3) is 0.294. The van der Waals surface area contributed by atoms with Crippen LogP contribution >= 0.6 is 23.2 Å². The van der Waals surface area contributed by atoms with Crippen molar-refractivity contribution in [1.82, 2.24) is 0 Å². The Balaban J connectivity index is 1.81. The molecule has 0 fully saturated rings. The molecule has 0 spiro atoms. The Kier molecular flexibility index (Phi) is 6.52. The largest absolute Gasteiger partial charge is 0.491 e. The van der Waals surface area contributed by atoms with E-state index in [4.69, 9.17) is 27.9 Å². The minimum Gasteiger partial charge on any atom is -0.491 e. The molecule has 2 N–H and O–H groups in total. The van der Waals surface area contributed by atoms with Crippen molar-refractivity contribution < 1.29 is 14.7 Å². The van der Waals surface area contributed by atoms with Gasteiger partial charge in [-0.3, -0.25) is 0 Å². The number of nitrogens with one attached hydrogen (secondary N) is 1. The third-order valence-corrected chi connectivity index (χ3v) is 4.15. The number of ether oxygens (including phenoxy) is 1. The number of benzene rings is 2. The lowest BCUT2D eigenvalue weighted by atomic mass is 10.2. The third kappa shape index (κ3) is 5.18. The molecule has 0 bridgehead atoms. The van der Waals surface area contributed by atoms with Gasteiger partial charge in [0.05, 0.1) is 17.1 Å². The molecule has 2 aromatic rings. The highest BCUT2D eigenvalue weighted by Crippen LogP contribution is 2.24. The number of hydrogen-bond acceptors (Lipinski definition) is 2. The van der Waals surface area contributed by atoms with Crippen LogP contribution in [0.15, 0.2) is 48.5 Å². The fourth-order valence-corrected chi connectivity index (χ4v) is 2.64. The Morgan fingerprint density at radius 2 is 1.82 bits per heavy atom. The Bertz CT molecular complexity index is 592. The standard InChI is InChI=1S/C17H19Cl2NO2/c1-20(10-13-6-5-9-16(18)17(13)19)11-14(21)12-22-15-7-3-2-4-8-15/h2-9,14,21H,10-12H2,1H3/p+1/t14-/m0/s1. The molecule has 3 nitrogen and oxygen atoms in total. The van der Waals surface area contributed by atoms with Crippen LogP contribution in [-0.4, -0.2) is 31.4 Å². The quantitative estimate of drug-likeness (QED) is 0.811. The molecule has 0 amide bonds. The predicted octanol–water partition coefficient (Wildman–Crippen LogP) is 2.45. The predicted molar refractivity (Wildman–Crippen MR) is 89.9 cm³/mol. The van der Waals surface area contributed by atoms with Gasteiger partial charge in [0.1, 0.15) is 31.5 Å². The molecule has 0 aliphatic rings. The summed E-state index contributed by atoms with van der Waals surface area (Å²) in [6, 6.07) is 15.1. The minimum absolute atomic E-state index is 0.268. The van der Waals surface area contributed by atoms with Crippen molar-refractivity contribution in [3.8, 4) is 5.75 Å². The Morgan fingerprint density at radius 1 is 1.09 bits per heavy atom. The van der Waals surface area contributed by atoms with E-state index in [0.29, 0.717) is 23.1 Å². The maximum absolute atomic E-state index is 10.1. The zero-order chi connectivity index (χ0) is 15.9. The lowest BCUT2D eigenvalue weighted by molar-refractivity contribution is -0.897. The maximum Gasteiger partial charge on any atom is 0.137 e. The van der Waals surface area contributed by atoms with Gasteiger partial charge in [-0.25, -0.2) is 0 Å². The number of quaternary nitrogens is 1. The molecule has 5 heteroatoms. The lowest BCUT2D eigenvalue weighted by Gasteiger charge is -2.19. The van der Waals surface area contributed by atoms with Crippen molar-refractivity contribution in [1.29, 1.82) is 0 Å². The smallest absolute Gasteiger partial charge is 0.137 e. The highest BCUT2D eigenvalue weighted by Gasteiger charge is 2.15. The number of para-hydroxylation sites is 1. The second kappa shape index (κ2) is 8.39.